The summed E-state index contributed by atoms with van der Waals surface area (Å²) >= 11 is 1.39. The third-order valence-corrected chi connectivity index (χ3v) is 5.29. The van der Waals surface area contributed by atoms with Crippen LogP contribution in [0.15, 0.2) is 60.0 Å². The summed E-state index contributed by atoms with van der Waals surface area (Å²) in [5.41, 5.74) is 0.621. The summed E-state index contributed by atoms with van der Waals surface area (Å²) in [6, 6.07) is 15.2. The third kappa shape index (κ3) is 5.08. The number of rotatable bonds is 9. The van der Waals surface area contributed by atoms with Gasteiger partial charge in [0.15, 0.2) is 10.9 Å². The van der Waals surface area contributed by atoms with E-state index in [-0.39, 0.29) is 11.7 Å². The van der Waals surface area contributed by atoms with E-state index >= 15 is 0 Å². The van der Waals surface area contributed by atoms with Crippen molar-refractivity contribution in [3.8, 4) is 17.2 Å². The number of anilines is 1. The van der Waals surface area contributed by atoms with Gasteiger partial charge in [0.05, 0.1) is 18.0 Å². The molecule has 29 heavy (non-hydrogen) atoms. The Morgan fingerprint density at radius 3 is 2.69 bits per heavy atom. The Kier molecular flexibility index (Phi) is 6.00. The standard InChI is InChI=1S/C21H22N4O3S/c1-2-27-16-9-11-17(12-10-16)28-19-6-4-3-5-18(19)23-20(26)13-29-21-24-22-14-25(21)15-7-8-15/h3-6,9-12,14-15H,2,7-8,13H2,1H3,(H,23,26). The third-order valence-electron chi connectivity index (χ3n) is 4.34. The van der Waals surface area contributed by atoms with Crippen LogP contribution in [0.4, 0.5) is 5.69 Å². The Morgan fingerprint density at radius 1 is 1.17 bits per heavy atom. The number of ether oxygens (including phenoxy) is 2. The molecule has 1 N–H and O–H groups in total. The molecule has 1 heterocycles. The number of nitrogens with zero attached hydrogens (tertiary/aromatic N) is 3. The fourth-order valence-corrected chi connectivity index (χ4v) is 3.59. The van der Waals surface area contributed by atoms with Crippen molar-refractivity contribution >= 4 is 23.4 Å². The van der Waals surface area contributed by atoms with Crippen LogP contribution >= 0.6 is 11.8 Å². The van der Waals surface area contributed by atoms with Crippen LogP contribution < -0.4 is 14.8 Å². The van der Waals surface area contributed by atoms with Crippen molar-refractivity contribution < 1.29 is 14.3 Å². The molecule has 4 rings (SSSR count). The maximum absolute atomic E-state index is 12.5. The summed E-state index contributed by atoms with van der Waals surface area (Å²) in [5, 5.41) is 11.8. The van der Waals surface area contributed by atoms with E-state index in [1.807, 2.05) is 60.0 Å². The Labute approximate surface area is 173 Å². The summed E-state index contributed by atoms with van der Waals surface area (Å²) in [7, 11) is 0. The molecule has 1 saturated carbocycles. The number of para-hydroxylation sites is 2. The van der Waals surface area contributed by atoms with Crippen LogP contribution in [0.1, 0.15) is 25.8 Å². The Morgan fingerprint density at radius 2 is 1.93 bits per heavy atom. The van der Waals surface area contributed by atoms with Crippen molar-refractivity contribution in [3.63, 3.8) is 0 Å². The molecular weight excluding hydrogens is 388 g/mol. The van der Waals surface area contributed by atoms with E-state index in [1.54, 1.807) is 6.33 Å². The molecule has 0 bridgehead atoms. The van der Waals surface area contributed by atoms with Crippen LogP contribution in [-0.4, -0.2) is 33.0 Å². The van der Waals surface area contributed by atoms with E-state index in [9.17, 15) is 4.79 Å². The lowest BCUT2D eigenvalue weighted by Crippen LogP contribution is -2.15. The highest BCUT2D eigenvalue weighted by molar-refractivity contribution is 7.99. The normalized spacial score (nSPS) is 13.1. The minimum Gasteiger partial charge on any atom is -0.494 e. The number of amides is 1. The predicted octanol–water partition coefficient (Wildman–Crippen LogP) is 4.53. The van der Waals surface area contributed by atoms with Crippen molar-refractivity contribution in [2.45, 2.75) is 31.0 Å². The Hall–Kier alpha value is -3.00. The highest BCUT2D eigenvalue weighted by Crippen LogP contribution is 2.37. The van der Waals surface area contributed by atoms with Crippen LogP contribution in [0.25, 0.3) is 0 Å². The minimum absolute atomic E-state index is 0.122. The number of hydrogen-bond acceptors (Lipinski definition) is 6. The molecule has 0 spiro atoms. The zero-order valence-electron chi connectivity index (χ0n) is 16.1. The second kappa shape index (κ2) is 9.00. The number of carbonyl (C=O) groups is 1. The SMILES string of the molecule is CCOc1ccc(Oc2ccccc2NC(=O)CSc2nncn2C2CC2)cc1. The van der Waals surface area contributed by atoms with Crippen molar-refractivity contribution in [3.05, 3.63) is 54.9 Å². The molecule has 1 aliphatic rings. The van der Waals surface area contributed by atoms with Gasteiger partial charge >= 0.3 is 0 Å². The van der Waals surface area contributed by atoms with Crippen molar-refractivity contribution in [2.75, 3.05) is 17.7 Å². The number of aromatic nitrogens is 3. The van der Waals surface area contributed by atoms with Gasteiger partial charge in [-0.05, 0) is 56.2 Å². The first kappa shape index (κ1) is 19.3. The smallest absolute Gasteiger partial charge is 0.234 e. The van der Waals surface area contributed by atoms with Gasteiger partial charge in [-0.3, -0.25) is 4.79 Å². The first-order valence-electron chi connectivity index (χ1n) is 9.55. The molecular formula is C21H22N4O3S. The zero-order valence-corrected chi connectivity index (χ0v) is 16.9. The van der Waals surface area contributed by atoms with E-state index < -0.39 is 0 Å². The van der Waals surface area contributed by atoms with Crippen molar-refractivity contribution in [2.24, 2.45) is 0 Å². The van der Waals surface area contributed by atoms with Crippen LogP contribution in [0.3, 0.4) is 0 Å². The maximum Gasteiger partial charge on any atom is 0.234 e. The molecule has 0 saturated heterocycles. The number of hydrogen-bond donors (Lipinski definition) is 1. The average molecular weight is 410 g/mol. The van der Waals surface area contributed by atoms with E-state index in [0.29, 0.717) is 29.8 Å². The Bertz CT molecular complexity index is 970. The monoisotopic (exact) mass is 410 g/mol. The van der Waals surface area contributed by atoms with Gasteiger partial charge in [-0.25, -0.2) is 0 Å². The summed E-state index contributed by atoms with van der Waals surface area (Å²) in [4.78, 5) is 12.5. The fourth-order valence-electron chi connectivity index (χ4n) is 2.81. The van der Waals surface area contributed by atoms with Crippen molar-refractivity contribution in [1.82, 2.24) is 14.8 Å². The molecule has 1 fully saturated rings. The van der Waals surface area contributed by atoms with Gasteiger partial charge in [0.2, 0.25) is 5.91 Å². The van der Waals surface area contributed by atoms with Gasteiger partial charge in [0, 0.05) is 6.04 Å². The minimum atomic E-state index is -0.122. The number of thioether (sulfide) groups is 1. The maximum atomic E-state index is 12.5. The van der Waals surface area contributed by atoms with E-state index in [4.69, 9.17) is 9.47 Å². The molecule has 1 aromatic heterocycles. The molecule has 0 unspecified atom stereocenters. The average Bonchev–Trinajstić information content (AvgIpc) is 3.47. The van der Waals surface area contributed by atoms with Crippen molar-refractivity contribution in [1.29, 1.82) is 0 Å². The van der Waals surface area contributed by atoms with Gasteiger partial charge in [-0.2, -0.15) is 0 Å². The van der Waals surface area contributed by atoms with Gasteiger partial charge in [-0.1, -0.05) is 23.9 Å². The molecule has 150 valence electrons. The molecule has 2 aromatic carbocycles. The summed E-state index contributed by atoms with van der Waals surface area (Å²) in [6.07, 6.45) is 4.03. The predicted molar refractivity (Wildman–Crippen MR) is 112 cm³/mol. The fraction of sp³-hybridized carbons (Fsp3) is 0.286. The highest BCUT2D eigenvalue weighted by atomic mass is 32.2. The Balaban J connectivity index is 1.37. The van der Waals surface area contributed by atoms with Crippen LogP contribution in [0, 0.1) is 0 Å². The van der Waals surface area contributed by atoms with Gasteiger partial charge in [0.1, 0.15) is 17.8 Å². The topological polar surface area (TPSA) is 78.3 Å². The highest BCUT2D eigenvalue weighted by Gasteiger charge is 2.26. The zero-order chi connectivity index (χ0) is 20.1. The molecule has 7 nitrogen and oxygen atoms in total. The van der Waals surface area contributed by atoms with Crippen LogP contribution in [-0.2, 0) is 4.79 Å². The van der Waals surface area contributed by atoms with E-state index in [1.165, 1.54) is 11.8 Å². The molecule has 1 aliphatic carbocycles. The lowest BCUT2D eigenvalue weighted by atomic mass is 10.2. The first-order chi connectivity index (χ1) is 14.2. The molecule has 3 aromatic rings. The van der Waals surface area contributed by atoms with Gasteiger partial charge in [-0.15, -0.1) is 10.2 Å². The van der Waals surface area contributed by atoms with E-state index in [0.717, 1.165) is 23.7 Å². The quantitative estimate of drug-likeness (QED) is 0.522. The number of carbonyl (C=O) groups excluding carboxylic acids is 1. The molecule has 0 atom stereocenters. The molecule has 0 radical (unpaired) electrons. The van der Waals surface area contributed by atoms with Crippen LogP contribution in [0.2, 0.25) is 0 Å². The molecule has 0 aliphatic heterocycles. The summed E-state index contributed by atoms with van der Waals surface area (Å²) in [5.74, 6) is 2.17. The first-order valence-corrected chi connectivity index (χ1v) is 10.5. The van der Waals surface area contributed by atoms with Gasteiger partial charge < -0.3 is 19.4 Å². The second-order valence-electron chi connectivity index (χ2n) is 6.59. The lowest BCUT2D eigenvalue weighted by molar-refractivity contribution is -0.113. The van der Waals surface area contributed by atoms with Crippen LogP contribution in [0.5, 0.6) is 17.2 Å². The molecule has 1 amide bonds. The molecule has 8 heteroatoms. The summed E-state index contributed by atoms with van der Waals surface area (Å²) in [6.45, 7) is 2.56. The van der Waals surface area contributed by atoms with Gasteiger partial charge in [0.25, 0.3) is 0 Å². The lowest BCUT2D eigenvalue weighted by Gasteiger charge is -2.12. The number of benzene rings is 2. The summed E-state index contributed by atoms with van der Waals surface area (Å²) < 4.78 is 13.4. The van der Waals surface area contributed by atoms with E-state index in [2.05, 4.69) is 15.5 Å². The largest absolute Gasteiger partial charge is 0.494 e. The number of nitrogens with one attached hydrogen (secondary N) is 1. The second-order valence-corrected chi connectivity index (χ2v) is 7.53.